The summed E-state index contributed by atoms with van der Waals surface area (Å²) in [5.41, 5.74) is 0.254. The van der Waals surface area contributed by atoms with Gasteiger partial charge in [-0.1, -0.05) is 18.7 Å². The molecule has 0 saturated heterocycles. The number of carbonyl (C=O) groups excluding carboxylic acids is 2. The van der Waals surface area contributed by atoms with Gasteiger partial charge in [0, 0.05) is 12.1 Å². The summed E-state index contributed by atoms with van der Waals surface area (Å²) in [6, 6.07) is 4.91. The van der Waals surface area contributed by atoms with Gasteiger partial charge in [-0.3, -0.25) is 9.59 Å². The lowest BCUT2D eigenvalue weighted by atomic mass is 9.74. The van der Waals surface area contributed by atoms with Crippen molar-refractivity contribution in [2.75, 3.05) is 13.7 Å². The van der Waals surface area contributed by atoms with Crippen molar-refractivity contribution in [3.05, 3.63) is 42.5 Å². The van der Waals surface area contributed by atoms with Crippen molar-refractivity contribution in [1.82, 2.24) is 5.32 Å². The molecular formula is C21H27NO5. The number of amides is 1. The molecule has 6 nitrogen and oxygen atoms in total. The number of hydrogen-bond donors (Lipinski definition) is 2. The Kier molecular flexibility index (Phi) is 7.05. The Morgan fingerprint density at radius 3 is 2.70 bits per heavy atom. The summed E-state index contributed by atoms with van der Waals surface area (Å²) in [4.78, 5) is 24.3. The van der Waals surface area contributed by atoms with Gasteiger partial charge in [-0.2, -0.15) is 0 Å². The number of rotatable bonds is 7. The molecule has 2 rings (SSSR count). The zero-order chi connectivity index (χ0) is 19.9. The second kappa shape index (κ2) is 9.26. The molecule has 1 fully saturated rings. The van der Waals surface area contributed by atoms with Crippen LogP contribution in [0.25, 0.3) is 6.08 Å². The number of ether oxygens (including phenoxy) is 2. The summed E-state index contributed by atoms with van der Waals surface area (Å²) in [5.74, 6) is 0.0154. The number of phenols is 1. The minimum Gasteiger partial charge on any atom is -0.504 e. The van der Waals surface area contributed by atoms with Crippen molar-refractivity contribution < 1.29 is 24.2 Å². The van der Waals surface area contributed by atoms with Gasteiger partial charge in [-0.05, 0) is 56.4 Å². The highest BCUT2D eigenvalue weighted by Crippen LogP contribution is 2.37. The zero-order valence-corrected chi connectivity index (χ0v) is 15.9. The number of methoxy groups -OCH3 is 1. The maximum absolute atomic E-state index is 12.2. The van der Waals surface area contributed by atoms with E-state index in [4.69, 9.17) is 9.47 Å². The van der Waals surface area contributed by atoms with Gasteiger partial charge in [0.2, 0.25) is 5.91 Å². The number of nitrogens with one attached hydrogen (secondary N) is 1. The number of phenolic OH excluding ortho intramolecular Hbond substituents is 1. The Morgan fingerprint density at radius 1 is 1.37 bits per heavy atom. The lowest BCUT2D eigenvalue weighted by Crippen LogP contribution is -2.42. The van der Waals surface area contributed by atoms with E-state index in [9.17, 15) is 14.7 Å². The van der Waals surface area contributed by atoms with Crippen molar-refractivity contribution in [2.24, 2.45) is 5.41 Å². The predicted octanol–water partition coefficient (Wildman–Crippen LogP) is 3.21. The van der Waals surface area contributed by atoms with Gasteiger partial charge < -0.3 is 19.9 Å². The van der Waals surface area contributed by atoms with E-state index < -0.39 is 5.41 Å². The Morgan fingerprint density at radius 2 is 2.07 bits per heavy atom. The molecular weight excluding hydrogens is 346 g/mol. The Bertz CT molecular complexity index is 717. The number of benzene rings is 1. The summed E-state index contributed by atoms with van der Waals surface area (Å²) in [5, 5.41) is 12.6. The van der Waals surface area contributed by atoms with Crippen LogP contribution in [-0.2, 0) is 14.3 Å². The van der Waals surface area contributed by atoms with Crippen LogP contribution in [0.15, 0.2) is 36.9 Å². The van der Waals surface area contributed by atoms with Gasteiger partial charge in [-0.25, -0.2) is 0 Å². The highest BCUT2D eigenvalue weighted by molar-refractivity contribution is 5.92. The first-order valence-corrected chi connectivity index (χ1v) is 9.01. The third kappa shape index (κ3) is 5.61. The van der Waals surface area contributed by atoms with Gasteiger partial charge in [-0.15, -0.1) is 0 Å². The standard InChI is InChI=1S/C21H27NO5/c1-4-13-27-20(25)21(2)11-9-16(10-12-21)22-19(24)8-6-15-5-7-17(23)18(14-15)26-3/h4-8,14,16,23H,1,9-13H2,2-3H3,(H,22,24)/t16-,21-. The summed E-state index contributed by atoms with van der Waals surface area (Å²) in [6.45, 7) is 5.68. The molecule has 1 saturated carbocycles. The minimum absolute atomic E-state index is 0.0387. The van der Waals surface area contributed by atoms with E-state index in [-0.39, 0.29) is 30.3 Å². The van der Waals surface area contributed by atoms with Crippen LogP contribution in [-0.4, -0.2) is 36.7 Å². The quantitative estimate of drug-likeness (QED) is 0.435. The smallest absolute Gasteiger partial charge is 0.312 e. The fraction of sp³-hybridized carbons (Fsp3) is 0.429. The molecule has 0 aliphatic heterocycles. The predicted molar refractivity (Wildman–Crippen MR) is 103 cm³/mol. The molecule has 0 heterocycles. The summed E-state index contributed by atoms with van der Waals surface area (Å²) < 4.78 is 10.2. The number of esters is 1. The van der Waals surface area contributed by atoms with Crippen LogP contribution in [0.4, 0.5) is 0 Å². The minimum atomic E-state index is -0.497. The molecule has 1 aromatic rings. The van der Waals surface area contributed by atoms with Gasteiger partial charge >= 0.3 is 5.97 Å². The molecule has 1 aromatic carbocycles. The second-order valence-corrected chi connectivity index (χ2v) is 7.00. The maximum atomic E-state index is 12.2. The van der Waals surface area contributed by atoms with Crippen LogP contribution in [0, 0.1) is 5.41 Å². The molecule has 1 amide bonds. The normalized spacial score (nSPS) is 22.2. The highest BCUT2D eigenvalue weighted by atomic mass is 16.5. The molecule has 1 aliphatic rings. The van der Waals surface area contributed by atoms with Gasteiger partial charge in [0.1, 0.15) is 6.61 Å². The number of hydrogen-bond acceptors (Lipinski definition) is 5. The molecule has 6 heteroatoms. The molecule has 0 radical (unpaired) electrons. The van der Waals surface area contributed by atoms with Crippen molar-refractivity contribution in [3.63, 3.8) is 0 Å². The van der Waals surface area contributed by atoms with Crippen molar-refractivity contribution in [2.45, 2.75) is 38.6 Å². The summed E-state index contributed by atoms with van der Waals surface area (Å²) in [7, 11) is 1.47. The van der Waals surface area contributed by atoms with Crippen LogP contribution >= 0.6 is 0 Å². The second-order valence-electron chi connectivity index (χ2n) is 7.00. The highest BCUT2D eigenvalue weighted by Gasteiger charge is 2.38. The molecule has 2 N–H and O–H groups in total. The van der Waals surface area contributed by atoms with Gasteiger partial charge in [0.15, 0.2) is 11.5 Å². The molecule has 146 valence electrons. The van der Waals surface area contributed by atoms with E-state index in [0.29, 0.717) is 18.6 Å². The molecule has 0 unspecified atom stereocenters. The van der Waals surface area contributed by atoms with Crippen LogP contribution in [0.3, 0.4) is 0 Å². The number of aromatic hydroxyl groups is 1. The van der Waals surface area contributed by atoms with Gasteiger partial charge in [0.25, 0.3) is 0 Å². The van der Waals surface area contributed by atoms with Crippen LogP contribution in [0.2, 0.25) is 0 Å². The Hall–Kier alpha value is -2.76. The molecule has 0 spiro atoms. The first-order valence-electron chi connectivity index (χ1n) is 9.01. The van der Waals surface area contributed by atoms with Crippen LogP contribution < -0.4 is 10.1 Å². The van der Waals surface area contributed by atoms with E-state index in [1.807, 2.05) is 6.92 Å². The lowest BCUT2D eigenvalue weighted by molar-refractivity contribution is -0.155. The third-order valence-electron chi connectivity index (χ3n) is 4.89. The molecule has 27 heavy (non-hydrogen) atoms. The van der Waals surface area contributed by atoms with Gasteiger partial charge in [0.05, 0.1) is 12.5 Å². The van der Waals surface area contributed by atoms with E-state index in [1.54, 1.807) is 24.3 Å². The maximum Gasteiger partial charge on any atom is 0.312 e. The molecule has 0 aromatic heterocycles. The topological polar surface area (TPSA) is 84.9 Å². The average Bonchev–Trinajstić information content (AvgIpc) is 2.67. The number of carbonyl (C=O) groups is 2. The Labute approximate surface area is 159 Å². The first-order chi connectivity index (χ1) is 12.9. The zero-order valence-electron chi connectivity index (χ0n) is 15.9. The van der Waals surface area contributed by atoms with Crippen LogP contribution in [0.5, 0.6) is 11.5 Å². The van der Waals surface area contributed by atoms with Crippen molar-refractivity contribution >= 4 is 18.0 Å². The molecule has 1 aliphatic carbocycles. The van der Waals surface area contributed by atoms with E-state index in [1.165, 1.54) is 19.3 Å². The third-order valence-corrected chi connectivity index (χ3v) is 4.89. The molecule has 0 bridgehead atoms. The fourth-order valence-corrected chi connectivity index (χ4v) is 3.13. The van der Waals surface area contributed by atoms with E-state index >= 15 is 0 Å². The van der Waals surface area contributed by atoms with Crippen LogP contribution in [0.1, 0.15) is 38.2 Å². The van der Waals surface area contributed by atoms with E-state index in [2.05, 4.69) is 11.9 Å². The summed E-state index contributed by atoms with van der Waals surface area (Å²) in [6.07, 6.45) is 7.48. The average molecular weight is 373 g/mol. The Balaban J connectivity index is 1.85. The van der Waals surface area contributed by atoms with E-state index in [0.717, 1.165) is 18.4 Å². The largest absolute Gasteiger partial charge is 0.504 e. The molecule has 0 atom stereocenters. The van der Waals surface area contributed by atoms with Crippen molar-refractivity contribution in [3.8, 4) is 11.5 Å². The summed E-state index contributed by atoms with van der Waals surface area (Å²) >= 11 is 0. The SMILES string of the molecule is C=CCOC(=O)[C@]1(C)CC[C@@H](NC(=O)C=Cc2ccc(O)c(OC)c2)CC1. The monoisotopic (exact) mass is 373 g/mol. The van der Waals surface area contributed by atoms with Crippen molar-refractivity contribution in [1.29, 1.82) is 0 Å². The lowest BCUT2D eigenvalue weighted by Gasteiger charge is -2.35. The first kappa shape index (κ1) is 20.6. The fourth-order valence-electron chi connectivity index (χ4n) is 3.13.